The Hall–Kier alpha value is -7.02. The molecule has 3 aliphatic rings. The number of nitrogens with zero attached hydrogens (tertiary/aromatic N) is 4. The van der Waals surface area contributed by atoms with Gasteiger partial charge in [-0.2, -0.15) is 5.26 Å². The maximum atomic E-state index is 15.3. The molecule has 0 unspecified atom stereocenters. The van der Waals surface area contributed by atoms with Crippen molar-refractivity contribution < 1.29 is 29.0 Å². The Balaban J connectivity index is 1.02. The van der Waals surface area contributed by atoms with Crippen molar-refractivity contribution in [1.82, 2.24) is 9.80 Å². The van der Waals surface area contributed by atoms with Crippen LogP contribution < -0.4 is 14.4 Å². The van der Waals surface area contributed by atoms with Gasteiger partial charge in [-0.15, -0.1) is 45.3 Å². The lowest BCUT2D eigenvalue weighted by atomic mass is 10.1. The molecule has 0 spiro atoms. The van der Waals surface area contributed by atoms with Gasteiger partial charge < -0.3 is 29.3 Å². The van der Waals surface area contributed by atoms with E-state index in [0.29, 0.717) is 59.5 Å². The lowest BCUT2D eigenvalue weighted by Crippen LogP contribution is -2.30. The molecule has 7 aromatic rings. The number of benzene rings is 3. The van der Waals surface area contributed by atoms with E-state index >= 15 is 9.59 Å². The number of thiophene rings is 4. The summed E-state index contributed by atoms with van der Waals surface area (Å²) in [5.74, 6) is -0.128. The Morgan fingerprint density at radius 2 is 1.03 bits per heavy atom. The quantitative estimate of drug-likeness (QED) is 0.0361. The second kappa shape index (κ2) is 24.3. The first kappa shape index (κ1) is 52.4. The number of amides is 2. The highest BCUT2D eigenvalue weighted by Crippen LogP contribution is 2.57. The lowest BCUT2D eigenvalue weighted by Gasteiger charge is -2.25. The van der Waals surface area contributed by atoms with Gasteiger partial charge in [0, 0.05) is 49.7 Å². The number of hydrogen-bond acceptors (Lipinski definition) is 11. The van der Waals surface area contributed by atoms with Crippen LogP contribution in [0.3, 0.4) is 0 Å². The number of anilines is 3. The van der Waals surface area contributed by atoms with Gasteiger partial charge in [0.1, 0.15) is 24.9 Å². The van der Waals surface area contributed by atoms with E-state index in [2.05, 4.69) is 104 Å². The zero-order valence-electron chi connectivity index (χ0n) is 42.8. The zero-order chi connectivity index (χ0) is 52.5. The van der Waals surface area contributed by atoms with Crippen molar-refractivity contribution in [2.75, 3.05) is 31.2 Å². The lowest BCUT2D eigenvalue weighted by molar-refractivity contribution is -0.132. The van der Waals surface area contributed by atoms with Crippen LogP contribution in [0.5, 0.6) is 11.5 Å². The van der Waals surface area contributed by atoms with Gasteiger partial charge >= 0.3 is 5.97 Å². The Morgan fingerprint density at radius 3 is 1.57 bits per heavy atom. The third kappa shape index (κ3) is 11.0. The second-order valence-electron chi connectivity index (χ2n) is 19.1. The number of fused-ring (bicyclic) bond motifs is 2. The van der Waals surface area contributed by atoms with E-state index in [0.717, 1.165) is 127 Å². The molecule has 0 saturated carbocycles. The van der Waals surface area contributed by atoms with Crippen LogP contribution in [0.15, 0.2) is 138 Å². The van der Waals surface area contributed by atoms with Gasteiger partial charge in [0.05, 0.1) is 42.0 Å². The summed E-state index contributed by atoms with van der Waals surface area (Å²) in [5, 5.41) is 18.9. The number of aliphatic carboxylic acids is 1. The smallest absolute Gasteiger partial charge is 0.346 e. The van der Waals surface area contributed by atoms with E-state index in [4.69, 9.17) is 9.47 Å². The predicted molar refractivity (Wildman–Crippen MR) is 312 cm³/mol. The molecule has 2 amide bonds. The molecule has 10 rings (SSSR count). The number of unbranched alkanes of at least 4 members (excludes halogenated alkanes) is 10. The molecule has 76 heavy (non-hydrogen) atoms. The first-order valence-electron chi connectivity index (χ1n) is 26.5. The molecule has 10 nitrogen and oxygen atoms in total. The minimum absolute atomic E-state index is 0.146. The number of para-hydroxylation sites is 2. The molecule has 0 atom stereocenters. The molecule has 4 aromatic heterocycles. The predicted octanol–water partition coefficient (Wildman–Crippen LogP) is 16.7. The van der Waals surface area contributed by atoms with Gasteiger partial charge in [0.25, 0.3) is 11.8 Å². The number of carbonyl (C=O) groups is 3. The van der Waals surface area contributed by atoms with Crippen LogP contribution in [-0.2, 0) is 14.4 Å². The van der Waals surface area contributed by atoms with Gasteiger partial charge in [0.15, 0.2) is 11.5 Å². The molecule has 14 heteroatoms. The maximum Gasteiger partial charge on any atom is 0.346 e. The van der Waals surface area contributed by atoms with Gasteiger partial charge in [-0.05, 0) is 97.3 Å². The number of carboxylic acids is 1. The van der Waals surface area contributed by atoms with E-state index < -0.39 is 5.97 Å². The van der Waals surface area contributed by atoms with Gasteiger partial charge in [-0.25, -0.2) is 4.79 Å². The number of ether oxygens (including phenoxy) is 2. The topological polar surface area (TPSA) is 123 Å². The molecule has 0 saturated heterocycles. The highest BCUT2D eigenvalue weighted by atomic mass is 32.1. The summed E-state index contributed by atoms with van der Waals surface area (Å²) >= 11 is 6.12. The molecular weight excluding hydrogens is 1020 g/mol. The van der Waals surface area contributed by atoms with Crippen LogP contribution in [0.4, 0.5) is 17.1 Å². The monoisotopic (exact) mass is 1080 g/mol. The number of carbonyl (C=O) groups excluding carboxylic acids is 2. The van der Waals surface area contributed by atoms with Crippen molar-refractivity contribution in [2.24, 2.45) is 0 Å². The summed E-state index contributed by atoms with van der Waals surface area (Å²) in [4.78, 5) is 55.3. The number of hydrogen-bond donors (Lipinski definition) is 1. The Morgan fingerprint density at radius 1 is 0.566 bits per heavy atom. The van der Waals surface area contributed by atoms with E-state index in [1.165, 1.54) is 41.6 Å². The third-order valence-corrected chi connectivity index (χ3v) is 18.7. The molecule has 0 fully saturated rings. The van der Waals surface area contributed by atoms with Crippen molar-refractivity contribution >= 4 is 97.7 Å². The molecule has 7 heterocycles. The fourth-order valence-electron chi connectivity index (χ4n) is 10.1. The SMILES string of the molecule is CCCCCCCCN1C(=O)C2=C(c3ccc(-c4sc(-c5ccc(N(c6ccccc6)c6ccccc6)cc5)c5c4OCCO5)s3)N(CCCCCCCC)C(=O)C2=C1c1ccc(-c2ccc(/C=C(\C#N)C(=O)O)s2)s1. The van der Waals surface area contributed by atoms with Crippen LogP contribution in [0, 0.1) is 11.3 Å². The zero-order valence-corrected chi connectivity index (χ0v) is 46.1. The molecular formula is C62H60N4O6S4. The average molecular weight is 1090 g/mol. The first-order chi connectivity index (χ1) is 37.3. The Bertz CT molecular complexity index is 3320. The highest BCUT2D eigenvalue weighted by Gasteiger charge is 2.49. The standard InChI is InChI=1S/C62H60N4O6S4/c1-3-5-7-9-11-19-35-64-54(49-32-31-48(74-49)47-30-29-46(73-47)39-42(40-63)62(69)70)52-53(61(64)68)55(65(60(52)67)36-20-12-10-8-6-4-2)50-33-34-51(75-50)59-57-56(71-37-38-72-57)58(76-59)41-25-27-45(28-26-41)66(43-21-15-13-16-22-43)44-23-17-14-18-24-44/h13-18,21-34,39H,3-12,19-20,35-38H2,1-2H3,(H,69,70)/b42-39+. The van der Waals surface area contributed by atoms with Crippen molar-refractivity contribution in [3.05, 3.63) is 153 Å². The van der Waals surface area contributed by atoms with E-state index in [9.17, 15) is 15.2 Å². The molecule has 388 valence electrons. The largest absolute Gasteiger partial charge is 0.485 e. The van der Waals surface area contributed by atoms with Crippen LogP contribution in [0.25, 0.3) is 47.4 Å². The van der Waals surface area contributed by atoms with Crippen molar-refractivity contribution in [1.29, 1.82) is 5.26 Å². The van der Waals surface area contributed by atoms with E-state index in [1.54, 1.807) is 28.7 Å². The molecule has 1 N–H and O–H groups in total. The van der Waals surface area contributed by atoms with Gasteiger partial charge in [-0.3, -0.25) is 9.59 Å². The summed E-state index contributed by atoms with van der Waals surface area (Å²) < 4.78 is 12.9. The van der Waals surface area contributed by atoms with Gasteiger partial charge in [-0.1, -0.05) is 127 Å². The number of rotatable bonds is 24. The van der Waals surface area contributed by atoms with Crippen LogP contribution in [-0.4, -0.2) is 59.0 Å². The molecule has 0 aliphatic carbocycles. The molecule has 0 bridgehead atoms. The molecule has 3 aliphatic heterocycles. The van der Waals surface area contributed by atoms with Crippen molar-refractivity contribution in [3.63, 3.8) is 0 Å². The first-order valence-corrected chi connectivity index (χ1v) is 29.8. The number of nitriles is 1. The minimum atomic E-state index is -1.27. The maximum absolute atomic E-state index is 15.3. The van der Waals surface area contributed by atoms with E-state index in [1.807, 2.05) is 46.2 Å². The Labute approximate surface area is 461 Å². The van der Waals surface area contributed by atoms with Crippen LogP contribution >= 0.6 is 45.3 Å². The number of carboxylic acid groups (broad SMARTS) is 1. The summed E-state index contributed by atoms with van der Waals surface area (Å²) in [6.45, 7) is 6.27. The fourth-order valence-corrected chi connectivity index (χ4v) is 14.6. The second-order valence-corrected chi connectivity index (χ2v) is 23.4. The minimum Gasteiger partial charge on any atom is -0.485 e. The summed E-state index contributed by atoms with van der Waals surface area (Å²) in [6.07, 6.45) is 14.1. The van der Waals surface area contributed by atoms with Crippen LogP contribution in [0.2, 0.25) is 0 Å². The molecule has 0 radical (unpaired) electrons. The molecule has 3 aromatic carbocycles. The van der Waals surface area contributed by atoms with Crippen molar-refractivity contribution in [3.8, 4) is 47.5 Å². The normalized spacial score (nSPS) is 14.3. The summed E-state index contributed by atoms with van der Waals surface area (Å²) in [7, 11) is 0. The van der Waals surface area contributed by atoms with Gasteiger partial charge in [0.2, 0.25) is 0 Å². The Kier molecular flexibility index (Phi) is 16.8. The van der Waals surface area contributed by atoms with Crippen LogP contribution in [0.1, 0.15) is 106 Å². The summed E-state index contributed by atoms with van der Waals surface area (Å²) in [6, 6.07) is 43.0. The average Bonchev–Trinajstić information content (AvgIpc) is 4.39. The highest BCUT2D eigenvalue weighted by molar-refractivity contribution is 7.25. The third-order valence-electron chi connectivity index (χ3n) is 13.9. The van der Waals surface area contributed by atoms with E-state index in [-0.39, 0.29) is 17.4 Å². The fraction of sp³-hybridized carbons (Fsp3) is 0.290. The summed E-state index contributed by atoms with van der Waals surface area (Å²) in [5.41, 5.74) is 6.10. The van der Waals surface area contributed by atoms with Crippen molar-refractivity contribution in [2.45, 2.75) is 90.9 Å².